The second-order valence-corrected chi connectivity index (χ2v) is 31.9. The molecule has 0 bridgehead atoms. The van der Waals surface area contributed by atoms with E-state index in [1.165, 1.54) is 0 Å². The molecule has 47 heavy (non-hydrogen) atoms. The highest BCUT2D eigenvalue weighted by Gasteiger charge is 2.55. The van der Waals surface area contributed by atoms with Gasteiger partial charge in [0.05, 0.1) is 20.0 Å². The van der Waals surface area contributed by atoms with E-state index in [0.717, 1.165) is 5.56 Å². The Kier molecular flexibility index (Phi) is 10.5. The molecule has 0 unspecified atom stereocenters. The lowest BCUT2D eigenvalue weighted by molar-refractivity contribution is -0.0470. The normalized spacial score (nSPS) is 21.9. The Morgan fingerprint density at radius 3 is 1.79 bits per heavy atom. The number of rotatable bonds is 10. The minimum atomic E-state index is -2.32. The van der Waals surface area contributed by atoms with Crippen LogP contribution in [0.2, 0.25) is 54.4 Å². The lowest BCUT2D eigenvalue weighted by Crippen LogP contribution is -2.54. The standard InChI is InChI=1S/C35H60N4O5Si3/c1-33(2,3)45(11,12)41-22-25-27(43-46(13,14)34(4,5)6)28(44-47(15,16)35(7,8)9)32(42-25)39-23-36-26-30(39)37-29(38-31(26)40-10)24-20-18-17-19-21-24/h17-21,23,25,27-28,32H,22H2,1-16H3/t25-,27-,28-,32-/m1/s1. The van der Waals surface area contributed by atoms with Gasteiger partial charge in [0.1, 0.15) is 18.3 Å². The smallest absolute Gasteiger partial charge is 0.245 e. The van der Waals surface area contributed by atoms with Crippen LogP contribution in [-0.4, -0.2) is 76.5 Å². The molecule has 1 fully saturated rings. The van der Waals surface area contributed by atoms with E-state index >= 15 is 0 Å². The summed E-state index contributed by atoms with van der Waals surface area (Å²) in [5.41, 5.74) is 2.09. The fourth-order valence-corrected chi connectivity index (χ4v) is 8.43. The Labute approximate surface area is 286 Å². The number of imidazole rings is 1. The summed E-state index contributed by atoms with van der Waals surface area (Å²) in [7, 11) is -5.09. The minimum Gasteiger partial charge on any atom is -0.479 e. The summed E-state index contributed by atoms with van der Waals surface area (Å²) in [4.78, 5) is 14.5. The van der Waals surface area contributed by atoms with Gasteiger partial charge in [0.25, 0.3) is 0 Å². The van der Waals surface area contributed by atoms with Crippen LogP contribution in [0.5, 0.6) is 5.88 Å². The summed E-state index contributed by atoms with van der Waals surface area (Å²) in [5.74, 6) is 0.975. The van der Waals surface area contributed by atoms with Crippen LogP contribution in [-0.2, 0) is 18.0 Å². The molecule has 3 aromatic rings. The number of nitrogens with zero attached hydrogens (tertiary/aromatic N) is 4. The van der Waals surface area contributed by atoms with E-state index in [9.17, 15) is 0 Å². The number of ether oxygens (including phenoxy) is 2. The molecule has 0 N–H and O–H groups in total. The molecule has 3 heterocycles. The van der Waals surface area contributed by atoms with Gasteiger partial charge >= 0.3 is 0 Å². The fourth-order valence-electron chi connectivity index (χ4n) is 4.81. The lowest BCUT2D eigenvalue weighted by Gasteiger charge is -2.44. The Hall–Kier alpha value is -1.94. The second kappa shape index (κ2) is 13.1. The van der Waals surface area contributed by atoms with Crippen molar-refractivity contribution < 1.29 is 22.8 Å². The third kappa shape index (κ3) is 7.79. The first-order valence-electron chi connectivity index (χ1n) is 16.9. The maximum atomic E-state index is 7.36. The zero-order valence-electron chi connectivity index (χ0n) is 31.8. The number of hydrogen-bond acceptors (Lipinski definition) is 8. The van der Waals surface area contributed by atoms with Gasteiger partial charge in [-0.2, -0.15) is 4.98 Å². The molecule has 0 spiro atoms. The molecule has 1 aliphatic rings. The van der Waals surface area contributed by atoms with E-state index in [0.29, 0.717) is 29.5 Å². The fraction of sp³-hybridized carbons (Fsp3) is 0.686. The summed E-state index contributed by atoms with van der Waals surface area (Å²) in [5, 5.41) is 0.0156. The topological polar surface area (TPSA) is 89.8 Å². The SMILES string of the molecule is COc1nc(-c2ccccc2)nc2c1ncn2[C@@H]1O[C@H](CO[Si](C)(C)C(C)(C)C)[C@@H](O[Si](C)(C)C(C)(C)C)[C@H]1O[Si](C)(C)C(C)(C)C. The Bertz CT molecular complexity index is 1520. The minimum absolute atomic E-state index is 0.00960. The van der Waals surface area contributed by atoms with Crippen LogP contribution in [0.1, 0.15) is 68.5 Å². The summed E-state index contributed by atoms with van der Waals surface area (Å²) < 4.78 is 36.4. The van der Waals surface area contributed by atoms with Gasteiger partial charge in [0.2, 0.25) is 5.88 Å². The first-order valence-corrected chi connectivity index (χ1v) is 25.6. The highest BCUT2D eigenvalue weighted by Crippen LogP contribution is 2.47. The molecule has 4 atom stereocenters. The molecule has 262 valence electrons. The van der Waals surface area contributed by atoms with Crippen molar-refractivity contribution in [1.82, 2.24) is 19.5 Å². The zero-order chi connectivity index (χ0) is 35.4. The molecule has 0 amide bonds. The monoisotopic (exact) mass is 700 g/mol. The number of hydrogen-bond donors (Lipinski definition) is 0. The van der Waals surface area contributed by atoms with Gasteiger partial charge in [-0.05, 0) is 54.4 Å². The predicted octanol–water partition coefficient (Wildman–Crippen LogP) is 9.20. The zero-order valence-corrected chi connectivity index (χ0v) is 34.8. The van der Waals surface area contributed by atoms with Gasteiger partial charge in [-0.25, -0.2) is 9.97 Å². The summed E-state index contributed by atoms with van der Waals surface area (Å²) in [6.07, 6.45) is 0.100. The van der Waals surface area contributed by atoms with Crippen molar-refractivity contribution in [1.29, 1.82) is 0 Å². The van der Waals surface area contributed by atoms with Crippen LogP contribution in [0.15, 0.2) is 36.7 Å². The van der Waals surface area contributed by atoms with E-state index in [1.807, 2.05) is 34.9 Å². The van der Waals surface area contributed by atoms with Crippen molar-refractivity contribution in [3.05, 3.63) is 36.7 Å². The number of methoxy groups -OCH3 is 1. The highest BCUT2D eigenvalue weighted by atomic mass is 28.4. The van der Waals surface area contributed by atoms with Gasteiger partial charge in [-0.3, -0.25) is 4.57 Å². The molecular formula is C35H60N4O5Si3. The van der Waals surface area contributed by atoms with Crippen molar-refractivity contribution in [2.45, 2.75) is 141 Å². The van der Waals surface area contributed by atoms with Crippen LogP contribution in [0.25, 0.3) is 22.6 Å². The van der Waals surface area contributed by atoms with Crippen LogP contribution in [0.3, 0.4) is 0 Å². The predicted molar refractivity (Wildman–Crippen MR) is 199 cm³/mol. The molecule has 0 aliphatic carbocycles. The van der Waals surface area contributed by atoms with Gasteiger partial charge in [-0.15, -0.1) is 0 Å². The summed E-state index contributed by atoms with van der Waals surface area (Å²) in [6, 6.07) is 9.92. The van der Waals surface area contributed by atoms with Crippen molar-refractivity contribution in [2.24, 2.45) is 0 Å². The molecule has 1 saturated heterocycles. The molecule has 4 rings (SSSR count). The maximum Gasteiger partial charge on any atom is 0.245 e. The Balaban J connectivity index is 1.90. The summed E-state index contributed by atoms with van der Waals surface area (Å²) >= 11 is 0. The van der Waals surface area contributed by atoms with E-state index in [1.54, 1.807) is 13.4 Å². The van der Waals surface area contributed by atoms with Crippen molar-refractivity contribution >= 4 is 36.1 Å². The summed E-state index contributed by atoms with van der Waals surface area (Å²) in [6.45, 7) is 34.6. The van der Waals surface area contributed by atoms with Crippen LogP contribution < -0.4 is 4.74 Å². The van der Waals surface area contributed by atoms with E-state index in [4.69, 9.17) is 37.7 Å². The number of fused-ring (bicyclic) bond motifs is 1. The molecule has 0 saturated carbocycles. The van der Waals surface area contributed by atoms with Crippen LogP contribution in [0, 0.1) is 0 Å². The average Bonchev–Trinajstić information content (AvgIpc) is 3.50. The van der Waals surface area contributed by atoms with Crippen LogP contribution in [0.4, 0.5) is 0 Å². The first-order chi connectivity index (χ1) is 21.4. The largest absolute Gasteiger partial charge is 0.479 e. The molecule has 12 heteroatoms. The van der Waals surface area contributed by atoms with Crippen molar-refractivity contribution in [3.8, 4) is 17.3 Å². The molecule has 2 aromatic heterocycles. The van der Waals surface area contributed by atoms with Crippen molar-refractivity contribution in [2.75, 3.05) is 13.7 Å². The number of benzene rings is 1. The molecule has 9 nitrogen and oxygen atoms in total. The molecular weight excluding hydrogens is 641 g/mol. The molecule has 1 aliphatic heterocycles. The second-order valence-electron chi connectivity index (χ2n) is 17.6. The Morgan fingerprint density at radius 2 is 1.28 bits per heavy atom. The third-order valence-corrected chi connectivity index (χ3v) is 24.5. The molecule has 1 aromatic carbocycles. The lowest BCUT2D eigenvalue weighted by atomic mass is 10.1. The quantitative estimate of drug-likeness (QED) is 0.194. The average molecular weight is 701 g/mol. The van der Waals surface area contributed by atoms with Crippen LogP contribution >= 0.6 is 0 Å². The van der Waals surface area contributed by atoms with Gasteiger partial charge in [0, 0.05) is 5.56 Å². The van der Waals surface area contributed by atoms with Gasteiger partial charge < -0.3 is 22.8 Å². The highest BCUT2D eigenvalue weighted by molar-refractivity contribution is 6.75. The maximum absolute atomic E-state index is 7.36. The first kappa shape index (κ1) is 37.9. The van der Waals surface area contributed by atoms with E-state index in [-0.39, 0.29) is 27.3 Å². The molecule has 0 radical (unpaired) electrons. The third-order valence-electron chi connectivity index (χ3n) is 11.1. The van der Waals surface area contributed by atoms with E-state index in [2.05, 4.69) is 102 Å². The Morgan fingerprint density at radius 1 is 0.745 bits per heavy atom. The van der Waals surface area contributed by atoms with Gasteiger partial charge in [0.15, 0.2) is 48.2 Å². The van der Waals surface area contributed by atoms with Gasteiger partial charge in [-0.1, -0.05) is 92.6 Å². The van der Waals surface area contributed by atoms with E-state index < -0.39 is 37.3 Å². The van der Waals surface area contributed by atoms with Crippen molar-refractivity contribution in [3.63, 3.8) is 0 Å². The number of aromatic nitrogens is 4.